The Hall–Kier alpha value is -2.05. The van der Waals surface area contributed by atoms with Crippen LogP contribution in [-0.2, 0) is 14.6 Å². The molecule has 2 aliphatic rings. The number of carbonyl (C=O) groups is 1. The lowest BCUT2D eigenvalue weighted by Gasteiger charge is -2.46. The van der Waals surface area contributed by atoms with Gasteiger partial charge in [0.25, 0.3) is 0 Å². The van der Waals surface area contributed by atoms with Crippen LogP contribution in [0.15, 0.2) is 53.4 Å². The van der Waals surface area contributed by atoms with Crippen molar-refractivity contribution in [1.29, 1.82) is 0 Å². The van der Waals surface area contributed by atoms with Crippen molar-refractivity contribution in [3.8, 4) is 5.75 Å². The second-order valence-electron chi connectivity index (χ2n) is 6.59. The second kappa shape index (κ2) is 5.47. The molecule has 5 nitrogen and oxygen atoms in total. The third kappa shape index (κ3) is 2.60. The van der Waals surface area contributed by atoms with Crippen LogP contribution in [0, 0.1) is 0 Å². The van der Waals surface area contributed by atoms with E-state index in [9.17, 15) is 13.2 Å². The summed E-state index contributed by atoms with van der Waals surface area (Å²) in [6.45, 7) is 1.75. The number of benzene rings is 2. The van der Waals surface area contributed by atoms with Crippen molar-refractivity contribution in [3.05, 3.63) is 59.1 Å². The maximum Gasteiger partial charge on any atom is 0.242 e. The van der Waals surface area contributed by atoms with Gasteiger partial charge in [0.1, 0.15) is 5.75 Å². The maximum atomic E-state index is 13.2. The van der Waals surface area contributed by atoms with Gasteiger partial charge in [-0.15, -0.1) is 0 Å². The predicted octanol–water partition coefficient (Wildman–Crippen LogP) is 2.89. The Morgan fingerprint density at radius 1 is 1.20 bits per heavy atom. The van der Waals surface area contributed by atoms with Gasteiger partial charge >= 0.3 is 0 Å². The Balaban J connectivity index is 1.88. The molecule has 7 heteroatoms. The van der Waals surface area contributed by atoms with Crippen LogP contribution >= 0.6 is 11.6 Å². The van der Waals surface area contributed by atoms with E-state index in [0.29, 0.717) is 22.8 Å². The van der Waals surface area contributed by atoms with Crippen LogP contribution in [0.3, 0.4) is 0 Å². The predicted molar refractivity (Wildman–Crippen MR) is 93.4 cm³/mol. The summed E-state index contributed by atoms with van der Waals surface area (Å²) in [4.78, 5) is 12.9. The summed E-state index contributed by atoms with van der Waals surface area (Å²) in [5.41, 5.74) is -0.269. The highest BCUT2D eigenvalue weighted by molar-refractivity contribution is 7.92. The first-order valence-corrected chi connectivity index (χ1v) is 9.82. The molecule has 2 bridgehead atoms. The number of halogens is 1. The number of nitrogens with one attached hydrogen (secondary N) is 1. The average Bonchev–Trinajstić information content (AvgIpc) is 2.55. The molecule has 1 N–H and O–H groups in total. The minimum Gasteiger partial charge on any atom is -0.468 e. The molecule has 2 aromatic carbocycles. The van der Waals surface area contributed by atoms with Gasteiger partial charge in [0.2, 0.25) is 5.91 Å². The van der Waals surface area contributed by atoms with E-state index in [0.717, 1.165) is 0 Å². The van der Waals surface area contributed by atoms with Gasteiger partial charge in [-0.25, -0.2) is 8.42 Å². The highest BCUT2D eigenvalue weighted by Gasteiger charge is 2.54. The van der Waals surface area contributed by atoms with Gasteiger partial charge in [-0.2, -0.15) is 0 Å². The summed E-state index contributed by atoms with van der Waals surface area (Å²) in [5.74, 6) is -0.518. The molecule has 2 heterocycles. The first-order valence-electron chi connectivity index (χ1n) is 7.90. The Bertz CT molecular complexity index is 960. The minimum atomic E-state index is -3.86. The summed E-state index contributed by atoms with van der Waals surface area (Å²) < 4.78 is 32.2. The molecule has 4 rings (SSSR count). The van der Waals surface area contributed by atoms with Gasteiger partial charge in [0.05, 0.1) is 4.90 Å². The van der Waals surface area contributed by atoms with E-state index < -0.39 is 32.6 Å². The largest absolute Gasteiger partial charge is 0.468 e. The number of hydrogen-bond acceptors (Lipinski definition) is 4. The van der Waals surface area contributed by atoms with E-state index in [1.165, 1.54) is 12.1 Å². The lowest BCUT2D eigenvalue weighted by molar-refractivity contribution is -0.132. The van der Waals surface area contributed by atoms with Crippen LogP contribution in [0.4, 0.5) is 0 Å². The molecule has 1 fully saturated rings. The van der Waals surface area contributed by atoms with Crippen molar-refractivity contribution in [2.24, 2.45) is 0 Å². The number of carbonyl (C=O) groups excluding carboxylic acids is 1. The van der Waals surface area contributed by atoms with Crippen LogP contribution in [-0.4, -0.2) is 25.3 Å². The second-order valence-corrected chi connectivity index (χ2v) is 9.10. The Kier molecular flexibility index (Phi) is 3.60. The Morgan fingerprint density at radius 3 is 2.64 bits per heavy atom. The zero-order valence-corrected chi connectivity index (χ0v) is 15.0. The molecule has 0 spiro atoms. The Labute approximate surface area is 150 Å². The van der Waals surface area contributed by atoms with Gasteiger partial charge in [-0.05, 0) is 37.3 Å². The molecule has 0 aromatic heterocycles. The SMILES string of the molecule is CC12CC(c3cc(Cl)ccc3O1)C(S(=O)(=O)c1ccccc1)C(=O)N2. The third-order valence-corrected chi connectivity index (χ3v) is 7.11. The van der Waals surface area contributed by atoms with Crippen LogP contribution in [0.1, 0.15) is 24.8 Å². The van der Waals surface area contributed by atoms with Crippen molar-refractivity contribution >= 4 is 27.3 Å². The van der Waals surface area contributed by atoms with Crippen LogP contribution in [0.5, 0.6) is 5.75 Å². The zero-order valence-electron chi connectivity index (χ0n) is 13.4. The molecule has 0 aliphatic carbocycles. The van der Waals surface area contributed by atoms with Gasteiger partial charge in [-0.1, -0.05) is 29.8 Å². The molecule has 2 aliphatic heterocycles. The van der Waals surface area contributed by atoms with Gasteiger partial charge in [-0.3, -0.25) is 4.79 Å². The monoisotopic (exact) mass is 377 g/mol. The van der Waals surface area contributed by atoms with Gasteiger partial charge in [0.15, 0.2) is 20.8 Å². The topological polar surface area (TPSA) is 72.5 Å². The van der Waals surface area contributed by atoms with Gasteiger partial charge < -0.3 is 10.1 Å². The molecule has 0 radical (unpaired) electrons. The third-order valence-electron chi connectivity index (χ3n) is 4.73. The first kappa shape index (κ1) is 16.4. The smallest absolute Gasteiger partial charge is 0.242 e. The molecule has 1 amide bonds. The van der Waals surface area contributed by atoms with E-state index in [1.807, 2.05) is 0 Å². The summed E-state index contributed by atoms with van der Waals surface area (Å²) in [7, 11) is -3.86. The molecular weight excluding hydrogens is 362 g/mol. The lowest BCUT2D eigenvalue weighted by atomic mass is 9.81. The minimum absolute atomic E-state index is 0.133. The first-order chi connectivity index (χ1) is 11.8. The van der Waals surface area contributed by atoms with E-state index in [2.05, 4.69) is 5.32 Å². The highest BCUT2D eigenvalue weighted by atomic mass is 35.5. The summed E-state index contributed by atoms with van der Waals surface area (Å²) in [6, 6.07) is 13.1. The fourth-order valence-electron chi connectivity index (χ4n) is 3.69. The average molecular weight is 378 g/mol. The molecular formula is C18H16ClNO4S. The lowest BCUT2D eigenvalue weighted by Crippen LogP contribution is -2.63. The Morgan fingerprint density at radius 2 is 1.92 bits per heavy atom. The highest BCUT2D eigenvalue weighted by Crippen LogP contribution is 2.47. The molecule has 130 valence electrons. The fraction of sp³-hybridized carbons (Fsp3) is 0.278. The number of ether oxygens (including phenoxy) is 1. The number of amides is 1. The molecule has 25 heavy (non-hydrogen) atoms. The van der Waals surface area contributed by atoms with Crippen molar-refractivity contribution < 1.29 is 17.9 Å². The van der Waals surface area contributed by atoms with Crippen molar-refractivity contribution in [1.82, 2.24) is 5.32 Å². The quantitative estimate of drug-likeness (QED) is 0.873. The summed E-state index contributed by atoms with van der Waals surface area (Å²) in [6.07, 6.45) is 0.364. The number of hydrogen-bond donors (Lipinski definition) is 1. The van der Waals surface area contributed by atoms with E-state index in [-0.39, 0.29) is 4.90 Å². The number of sulfone groups is 1. The van der Waals surface area contributed by atoms with Crippen LogP contribution < -0.4 is 10.1 Å². The van der Waals surface area contributed by atoms with Crippen molar-refractivity contribution in [2.45, 2.75) is 35.1 Å². The van der Waals surface area contributed by atoms with Crippen LogP contribution in [0.2, 0.25) is 5.02 Å². The molecule has 3 atom stereocenters. The molecule has 2 aromatic rings. The summed E-state index contributed by atoms with van der Waals surface area (Å²) >= 11 is 6.10. The van der Waals surface area contributed by atoms with Crippen molar-refractivity contribution in [2.75, 3.05) is 0 Å². The number of fused-ring (bicyclic) bond motifs is 4. The van der Waals surface area contributed by atoms with Crippen molar-refractivity contribution in [3.63, 3.8) is 0 Å². The number of piperidine rings is 1. The normalized spacial score (nSPS) is 27.8. The van der Waals surface area contributed by atoms with E-state index in [1.54, 1.807) is 43.3 Å². The fourth-order valence-corrected chi connectivity index (χ4v) is 5.72. The maximum absolute atomic E-state index is 13.2. The van der Waals surface area contributed by atoms with Gasteiger partial charge in [0, 0.05) is 22.9 Å². The molecule has 0 saturated carbocycles. The zero-order chi connectivity index (χ0) is 17.8. The van der Waals surface area contributed by atoms with E-state index >= 15 is 0 Å². The summed E-state index contributed by atoms with van der Waals surface area (Å²) in [5, 5.41) is 1.99. The number of rotatable bonds is 2. The molecule has 1 saturated heterocycles. The van der Waals surface area contributed by atoms with E-state index in [4.69, 9.17) is 16.3 Å². The standard InChI is InChI=1S/C18H16ClNO4S/c1-18-10-14(13-9-11(19)7-8-15(13)24-18)16(17(21)20-18)25(22,23)12-5-3-2-4-6-12/h2-9,14,16H,10H2,1H3,(H,20,21). The van der Waals surface area contributed by atoms with Crippen LogP contribution in [0.25, 0.3) is 0 Å². The molecule has 3 unspecified atom stereocenters.